The molecular formula is C20H25NO4. The maximum absolute atomic E-state index is 12.6. The van der Waals surface area contributed by atoms with Gasteiger partial charge in [0.1, 0.15) is 0 Å². The van der Waals surface area contributed by atoms with Crippen LogP contribution in [-0.2, 0) is 16.0 Å². The van der Waals surface area contributed by atoms with Crippen LogP contribution >= 0.6 is 0 Å². The van der Waals surface area contributed by atoms with E-state index in [9.17, 15) is 4.79 Å². The lowest BCUT2D eigenvalue weighted by Crippen LogP contribution is -2.63. The number of benzene rings is 1. The quantitative estimate of drug-likeness (QED) is 0.913. The third kappa shape index (κ3) is 2.69. The Bertz CT molecular complexity index is 665. The van der Waals surface area contributed by atoms with Crippen molar-refractivity contribution in [1.82, 2.24) is 5.32 Å². The van der Waals surface area contributed by atoms with Crippen LogP contribution in [0.5, 0.6) is 11.5 Å². The molecule has 134 valence electrons. The third-order valence-corrected chi connectivity index (χ3v) is 6.51. The van der Waals surface area contributed by atoms with E-state index in [1.54, 1.807) is 0 Å². The molecule has 0 aromatic heterocycles. The van der Waals surface area contributed by atoms with Crippen LogP contribution < -0.4 is 14.8 Å². The maximum atomic E-state index is 12.6. The molecule has 2 aliphatic carbocycles. The van der Waals surface area contributed by atoms with E-state index in [2.05, 4.69) is 5.32 Å². The first-order valence-corrected chi connectivity index (χ1v) is 9.59. The number of carbonyl (C=O) groups excluding carboxylic acids is 1. The van der Waals surface area contributed by atoms with Crippen LogP contribution in [0.1, 0.15) is 37.7 Å². The van der Waals surface area contributed by atoms with Crippen LogP contribution in [0.15, 0.2) is 18.2 Å². The molecule has 1 amide bonds. The number of hydrogen-bond donors (Lipinski definition) is 1. The molecule has 1 aromatic rings. The van der Waals surface area contributed by atoms with Crippen molar-refractivity contribution < 1.29 is 19.0 Å². The van der Waals surface area contributed by atoms with Gasteiger partial charge in [0.05, 0.1) is 12.5 Å². The average molecular weight is 343 g/mol. The zero-order chi connectivity index (χ0) is 16.8. The Kier molecular flexibility index (Phi) is 3.85. The van der Waals surface area contributed by atoms with Crippen molar-refractivity contribution in [1.29, 1.82) is 0 Å². The number of fused-ring (bicyclic) bond motifs is 2. The minimum Gasteiger partial charge on any atom is -0.454 e. The molecule has 5 heteroatoms. The summed E-state index contributed by atoms with van der Waals surface area (Å²) in [6, 6.07) is 6.05. The van der Waals surface area contributed by atoms with Crippen molar-refractivity contribution >= 4 is 5.91 Å². The highest BCUT2D eigenvalue weighted by molar-refractivity contribution is 5.79. The molecule has 1 saturated heterocycles. The normalized spacial score (nSPS) is 33.1. The van der Waals surface area contributed by atoms with Crippen LogP contribution in [0.25, 0.3) is 0 Å². The predicted molar refractivity (Wildman–Crippen MR) is 91.5 cm³/mol. The number of amides is 1. The van der Waals surface area contributed by atoms with E-state index < -0.39 is 0 Å². The van der Waals surface area contributed by atoms with Gasteiger partial charge >= 0.3 is 0 Å². The average Bonchev–Trinajstić information content (AvgIpc) is 3.34. The Morgan fingerprint density at radius 1 is 1.12 bits per heavy atom. The summed E-state index contributed by atoms with van der Waals surface area (Å²) in [4.78, 5) is 12.6. The van der Waals surface area contributed by atoms with E-state index in [-0.39, 0.29) is 12.7 Å². The Labute approximate surface area is 148 Å². The second kappa shape index (κ2) is 6.20. The van der Waals surface area contributed by atoms with E-state index in [1.165, 1.54) is 25.7 Å². The van der Waals surface area contributed by atoms with Crippen LogP contribution in [0, 0.1) is 17.8 Å². The molecule has 0 bridgehead atoms. The first kappa shape index (κ1) is 15.5. The lowest BCUT2D eigenvalue weighted by Gasteiger charge is -2.50. The second-order valence-corrected chi connectivity index (χ2v) is 7.87. The first-order valence-electron chi connectivity index (χ1n) is 9.59. The van der Waals surface area contributed by atoms with Gasteiger partial charge in [0.2, 0.25) is 12.7 Å². The minimum atomic E-state index is 0.109. The molecule has 0 radical (unpaired) electrons. The number of hydrogen-bond acceptors (Lipinski definition) is 4. The molecule has 2 heterocycles. The van der Waals surface area contributed by atoms with Crippen LogP contribution in [-0.4, -0.2) is 31.5 Å². The van der Waals surface area contributed by atoms with Gasteiger partial charge in [0.25, 0.3) is 0 Å². The third-order valence-electron chi connectivity index (χ3n) is 6.51. The van der Waals surface area contributed by atoms with Crippen molar-refractivity contribution in [2.24, 2.45) is 17.8 Å². The zero-order valence-electron chi connectivity index (χ0n) is 14.4. The van der Waals surface area contributed by atoms with Crippen LogP contribution in [0.4, 0.5) is 0 Å². The van der Waals surface area contributed by atoms with E-state index in [0.717, 1.165) is 36.0 Å². The number of rotatable bonds is 4. The summed E-state index contributed by atoms with van der Waals surface area (Å²) in [5.41, 5.74) is 0.970. The highest BCUT2D eigenvalue weighted by atomic mass is 16.7. The van der Waals surface area contributed by atoms with Gasteiger partial charge in [-0.25, -0.2) is 0 Å². The molecule has 5 nitrogen and oxygen atoms in total. The fraction of sp³-hybridized carbons (Fsp3) is 0.650. The highest BCUT2D eigenvalue weighted by Crippen LogP contribution is 2.51. The second-order valence-electron chi connectivity index (χ2n) is 7.87. The van der Waals surface area contributed by atoms with Crippen LogP contribution in [0.2, 0.25) is 0 Å². The summed E-state index contributed by atoms with van der Waals surface area (Å²) >= 11 is 0. The zero-order valence-corrected chi connectivity index (χ0v) is 14.4. The number of carbonyl (C=O) groups is 1. The van der Waals surface area contributed by atoms with Gasteiger partial charge in [-0.2, -0.15) is 0 Å². The highest BCUT2D eigenvalue weighted by Gasteiger charge is 2.56. The standard InChI is InChI=1S/C20H25NO4/c22-17(10-12-5-6-15-16(9-12)25-11-24-15)21-19-14-7-8-23-20(14)18(19)13-3-1-2-4-13/h5-6,9,13-14,18-20H,1-4,7-8,10-11H2,(H,21,22)/t14-,18+,19-,20-/m0/s1. The topological polar surface area (TPSA) is 56.8 Å². The molecule has 1 aromatic carbocycles. The Morgan fingerprint density at radius 3 is 2.84 bits per heavy atom. The minimum absolute atomic E-state index is 0.109. The summed E-state index contributed by atoms with van der Waals surface area (Å²) in [6.45, 7) is 1.12. The Morgan fingerprint density at radius 2 is 1.96 bits per heavy atom. The van der Waals surface area contributed by atoms with Crippen molar-refractivity contribution in [3.63, 3.8) is 0 Å². The van der Waals surface area contributed by atoms with Crippen molar-refractivity contribution in [3.05, 3.63) is 23.8 Å². The molecule has 4 aliphatic rings. The summed E-state index contributed by atoms with van der Waals surface area (Å²) in [5.74, 6) is 3.38. The summed E-state index contributed by atoms with van der Waals surface area (Å²) < 4.78 is 16.7. The molecule has 25 heavy (non-hydrogen) atoms. The van der Waals surface area contributed by atoms with Crippen molar-refractivity contribution in [2.45, 2.75) is 50.7 Å². The molecule has 5 rings (SSSR count). The molecule has 4 atom stereocenters. The predicted octanol–water partition coefficient (Wildman–Crippen LogP) is 2.67. The van der Waals surface area contributed by atoms with Gasteiger partial charge < -0.3 is 19.5 Å². The summed E-state index contributed by atoms with van der Waals surface area (Å²) in [6.07, 6.45) is 7.12. The van der Waals surface area contributed by atoms with Crippen molar-refractivity contribution in [3.8, 4) is 11.5 Å². The van der Waals surface area contributed by atoms with Gasteiger partial charge in [0.15, 0.2) is 11.5 Å². The largest absolute Gasteiger partial charge is 0.454 e. The molecule has 0 spiro atoms. The lowest BCUT2D eigenvalue weighted by molar-refractivity contribution is -0.129. The monoisotopic (exact) mass is 343 g/mol. The van der Waals surface area contributed by atoms with Crippen molar-refractivity contribution in [2.75, 3.05) is 13.4 Å². The first-order chi connectivity index (χ1) is 12.3. The van der Waals surface area contributed by atoms with Gasteiger partial charge in [-0.05, 0) is 30.0 Å². The van der Waals surface area contributed by atoms with Gasteiger partial charge in [-0.15, -0.1) is 0 Å². The maximum Gasteiger partial charge on any atom is 0.231 e. The molecule has 2 aliphatic heterocycles. The Hall–Kier alpha value is -1.75. The lowest BCUT2D eigenvalue weighted by atomic mass is 9.61. The van der Waals surface area contributed by atoms with E-state index in [1.807, 2.05) is 18.2 Å². The fourth-order valence-corrected chi connectivity index (χ4v) is 5.33. The van der Waals surface area contributed by atoms with Gasteiger partial charge in [-0.1, -0.05) is 31.7 Å². The number of nitrogens with one attached hydrogen (secondary N) is 1. The molecule has 1 N–H and O–H groups in total. The fourth-order valence-electron chi connectivity index (χ4n) is 5.33. The number of ether oxygens (including phenoxy) is 3. The van der Waals surface area contributed by atoms with E-state index >= 15 is 0 Å². The van der Waals surface area contributed by atoms with E-state index in [0.29, 0.717) is 30.4 Å². The van der Waals surface area contributed by atoms with Gasteiger partial charge in [-0.3, -0.25) is 4.79 Å². The molecule has 3 fully saturated rings. The van der Waals surface area contributed by atoms with E-state index in [4.69, 9.17) is 14.2 Å². The summed E-state index contributed by atoms with van der Waals surface area (Å²) in [7, 11) is 0. The Balaban J connectivity index is 1.25. The summed E-state index contributed by atoms with van der Waals surface area (Å²) in [5, 5.41) is 3.34. The SMILES string of the molecule is O=C(Cc1ccc2c(c1)OCO2)N[C@H]1[C@@H]2CCO[C@@H]2[C@@H]1C1CCCC1. The smallest absolute Gasteiger partial charge is 0.231 e. The van der Waals surface area contributed by atoms with Gasteiger partial charge in [0, 0.05) is 24.5 Å². The molecule has 0 unspecified atom stereocenters. The molecule has 2 saturated carbocycles. The molecular weight excluding hydrogens is 318 g/mol. The van der Waals surface area contributed by atoms with Crippen LogP contribution in [0.3, 0.4) is 0 Å².